The van der Waals surface area contributed by atoms with Crippen molar-refractivity contribution >= 4 is 5.91 Å². The average molecular weight is 351 g/mol. The summed E-state index contributed by atoms with van der Waals surface area (Å²) in [6.45, 7) is 10.8. The molecule has 2 aliphatic heterocycles. The van der Waals surface area contributed by atoms with Gasteiger partial charge in [-0.1, -0.05) is 13.3 Å². The van der Waals surface area contributed by atoms with Crippen molar-refractivity contribution < 1.29 is 9.53 Å². The Kier molecular flexibility index (Phi) is 6.71. The van der Waals surface area contributed by atoms with Gasteiger partial charge >= 0.3 is 0 Å². The van der Waals surface area contributed by atoms with Gasteiger partial charge in [-0.05, 0) is 16.8 Å². The van der Waals surface area contributed by atoms with Gasteiger partial charge < -0.3 is 9.64 Å². The SMILES string of the molecule is CCCCn1nnnc1CN1CCN(C(=O)CN2CCOCC2)CC1. The quantitative estimate of drug-likeness (QED) is 0.652. The first-order valence-corrected chi connectivity index (χ1v) is 9.31. The van der Waals surface area contributed by atoms with Crippen LogP contribution in [0, 0.1) is 0 Å². The summed E-state index contributed by atoms with van der Waals surface area (Å²) in [6.07, 6.45) is 2.21. The summed E-state index contributed by atoms with van der Waals surface area (Å²) in [6, 6.07) is 0. The lowest BCUT2D eigenvalue weighted by atomic mass is 10.3. The number of aromatic nitrogens is 4. The zero-order chi connectivity index (χ0) is 17.5. The molecular formula is C16H29N7O2. The fourth-order valence-electron chi connectivity index (χ4n) is 3.22. The van der Waals surface area contributed by atoms with E-state index in [1.165, 1.54) is 0 Å². The number of morpholine rings is 1. The standard InChI is InChI=1S/C16H29N7O2/c1-2-3-4-23-15(17-18-19-23)13-20-5-7-22(8-6-20)16(24)14-21-9-11-25-12-10-21/h2-14H2,1H3. The highest BCUT2D eigenvalue weighted by molar-refractivity contribution is 5.78. The molecule has 0 N–H and O–H groups in total. The smallest absolute Gasteiger partial charge is 0.236 e. The molecule has 3 heterocycles. The average Bonchev–Trinajstić information content (AvgIpc) is 3.08. The number of carbonyl (C=O) groups excluding carboxylic acids is 1. The van der Waals surface area contributed by atoms with Crippen molar-refractivity contribution in [2.24, 2.45) is 0 Å². The number of tetrazole rings is 1. The number of carbonyl (C=O) groups is 1. The number of hydrogen-bond acceptors (Lipinski definition) is 7. The summed E-state index contributed by atoms with van der Waals surface area (Å²) in [7, 11) is 0. The van der Waals surface area contributed by atoms with Gasteiger partial charge in [-0.2, -0.15) is 0 Å². The van der Waals surface area contributed by atoms with E-state index >= 15 is 0 Å². The predicted octanol–water partition coefficient (Wildman–Crippen LogP) is -0.550. The van der Waals surface area contributed by atoms with Crippen molar-refractivity contribution in [2.75, 3.05) is 59.0 Å². The second-order valence-corrected chi connectivity index (χ2v) is 6.72. The van der Waals surface area contributed by atoms with Gasteiger partial charge in [-0.25, -0.2) is 4.68 Å². The molecule has 1 amide bonds. The lowest BCUT2D eigenvalue weighted by Crippen LogP contribution is -2.52. The second kappa shape index (κ2) is 9.21. The zero-order valence-electron chi connectivity index (χ0n) is 15.1. The molecule has 2 aliphatic rings. The number of piperazine rings is 1. The van der Waals surface area contributed by atoms with Crippen LogP contribution in [0.4, 0.5) is 0 Å². The number of aryl methyl sites for hydroxylation is 1. The van der Waals surface area contributed by atoms with Crippen molar-refractivity contribution in [1.29, 1.82) is 0 Å². The minimum atomic E-state index is 0.231. The molecule has 140 valence electrons. The van der Waals surface area contributed by atoms with E-state index in [4.69, 9.17) is 4.74 Å². The Bertz CT molecular complexity index is 536. The molecule has 9 nitrogen and oxygen atoms in total. The summed E-state index contributed by atoms with van der Waals surface area (Å²) in [5.74, 6) is 1.15. The van der Waals surface area contributed by atoms with Crippen LogP contribution >= 0.6 is 0 Å². The van der Waals surface area contributed by atoms with Gasteiger partial charge in [0.1, 0.15) is 0 Å². The number of rotatable bonds is 7. The van der Waals surface area contributed by atoms with Gasteiger partial charge in [-0.15, -0.1) is 5.10 Å². The fourth-order valence-corrected chi connectivity index (χ4v) is 3.22. The molecule has 0 unspecified atom stereocenters. The zero-order valence-corrected chi connectivity index (χ0v) is 15.1. The Morgan fingerprint density at radius 3 is 2.56 bits per heavy atom. The van der Waals surface area contributed by atoms with Crippen molar-refractivity contribution in [3.63, 3.8) is 0 Å². The van der Waals surface area contributed by atoms with Gasteiger partial charge in [0, 0.05) is 45.8 Å². The van der Waals surface area contributed by atoms with Crippen LogP contribution in [0.2, 0.25) is 0 Å². The van der Waals surface area contributed by atoms with Crippen LogP contribution in [0.1, 0.15) is 25.6 Å². The van der Waals surface area contributed by atoms with Crippen molar-refractivity contribution in [1.82, 2.24) is 34.9 Å². The van der Waals surface area contributed by atoms with Crippen molar-refractivity contribution in [3.05, 3.63) is 5.82 Å². The van der Waals surface area contributed by atoms with Crippen LogP contribution in [-0.2, 0) is 22.6 Å². The molecule has 0 aromatic carbocycles. The molecule has 0 atom stereocenters. The van der Waals surface area contributed by atoms with E-state index in [0.29, 0.717) is 6.54 Å². The van der Waals surface area contributed by atoms with Gasteiger partial charge in [0.15, 0.2) is 5.82 Å². The van der Waals surface area contributed by atoms with E-state index in [2.05, 4.69) is 32.2 Å². The molecule has 0 bridgehead atoms. The Hall–Kier alpha value is -1.58. The minimum Gasteiger partial charge on any atom is -0.379 e. The molecule has 1 aromatic heterocycles. The molecule has 1 aromatic rings. The first kappa shape index (κ1) is 18.2. The number of ether oxygens (including phenoxy) is 1. The number of unbranched alkanes of at least 4 members (excludes halogenated alkanes) is 1. The summed E-state index contributed by atoms with van der Waals surface area (Å²) in [4.78, 5) is 18.9. The summed E-state index contributed by atoms with van der Waals surface area (Å²) in [5, 5.41) is 12.0. The highest BCUT2D eigenvalue weighted by Crippen LogP contribution is 2.08. The lowest BCUT2D eigenvalue weighted by molar-refractivity contribution is -0.135. The van der Waals surface area contributed by atoms with Gasteiger partial charge in [0.05, 0.1) is 26.3 Å². The van der Waals surface area contributed by atoms with E-state index in [-0.39, 0.29) is 5.91 Å². The molecule has 25 heavy (non-hydrogen) atoms. The van der Waals surface area contributed by atoms with Crippen LogP contribution < -0.4 is 0 Å². The normalized spacial score (nSPS) is 20.1. The Morgan fingerprint density at radius 1 is 1.08 bits per heavy atom. The van der Waals surface area contributed by atoms with Crippen molar-refractivity contribution in [3.8, 4) is 0 Å². The summed E-state index contributed by atoms with van der Waals surface area (Å²) in [5.41, 5.74) is 0. The molecule has 0 radical (unpaired) electrons. The van der Waals surface area contributed by atoms with Gasteiger partial charge in [-0.3, -0.25) is 14.6 Å². The third-order valence-corrected chi connectivity index (χ3v) is 4.88. The second-order valence-electron chi connectivity index (χ2n) is 6.72. The number of nitrogens with zero attached hydrogens (tertiary/aromatic N) is 7. The van der Waals surface area contributed by atoms with E-state index in [9.17, 15) is 4.79 Å². The van der Waals surface area contributed by atoms with Crippen molar-refractivity contribution in [2.45, 2.75) is 32.9 Å². The maximum atomic E-state index is 12.5. The van der Waals surface area contributed by atoms with E-state index in [1.807, 2.05) is 9.58 Å². The molecule has 0 aliphatic carbocycles. The minimum absolute atomic E-state index is 0.231. The highest BCUT2D eigenvalue weighted by Gasteiger charge is 2.24. The third kappa shape index (κ3) is 5.20. The largest absolute Gasteiger partial charge is 0.379 e. The predicted molar refractivity (Wildman–Crippen MR) is 91.8 cm³/mol. The summed E-state index contributed by atoms with van der Waals surface area (Å²) < 4.78 is 7.24. The Balaban J connectivity index is 1.42. The Labute approximate surface area is 148 Å². The third-order valence-electron chi connectivity index (χ3n) is 4.88. The molecule has 2 saturated heterocycles. The van der Waals surface area contributed by atoms with E-state index in [1.54, 1.807) is 0 Å². The number of amides is 1. The van der Waals surface area contributed by atoms with E-state index in [0.717, 1.165) is 84.2 Å². The van der Waals surface area contributed by atoms with Crippen LogP contribution in [-0.4, -0.2) is 99.8 Å². The van der Waals surface area contributed by atoms with Gasteiger partial charge in [0.2, 0.25) is 5.91 Å². The molecule has 9 heteroatoms. The van der Waals surface area contributed by atoms with Crippen LogP contribution in [0.15, 0.2) is 0 Å². The Morgan fingerprint density at radius 2 is 1.84 bits per heavy atom. The molecular weight excluding hydrogens is 322 g/mol. The van der Waals surface area contributed by atoms with E-state index < -0.39 is 0 Å². The first-order valence-electron chi connectivity index (χ1n) is 9.31. The fraction of sp³-hybridized carbons (Fsp3) is 0.875. The molecule has 2 fully saturated rings. The lowest BCUT2D eigenvalue weighted by Gasteiger charge is -2.36. The molecule has 0 saturated carbocycles. The number of hydrogen-bond donors (Lipinski definition) is 0. The highest BCUT2D eigenvalue weighted by atomic mass is 16.5. The van der Waals surface area contributed by atoms with Crippen LogP contribution in [0.3, 0.4) is 0 Å². The van der Waals surface area contributed by atoms with Crippen LogP contribution in [0.5, 0.6) is 0 Å². The monoisotopic (exact) mass is 351 g/mol. The molecule has 0 spiro atoms. The van der Waals surface area contributed by atoms with Gasteiger partial charge in [0.25, 0.3) is 0 Å². The summed E-state index contributed by atoms with van der Waals surface area (Å²) >= 11 is 0. The first-order chi connectivity index (χ1) is 12.3. The maximum absolute atomic E-state index is 12.5. The molecule has 3 rings (SSSR count). The topological polar surface area (TPSA) is 79.6 Å². The maximum Gasteiger partial charge on any atom is 0.236 e. The van der Waals surface area contributed by atoms with Crippen LogP contribution in [0.25, 0.3) is 0 Å².